The predicted molar refractivity (Wildman–Crippen MR) is 114 cm³/mol. The Morgan fingerprint density at radius 3 is 2.79 bits per heavy atom. The summed E-state index contributed by atoms with van der Waals surface area (Å²) < 4.78 is 2.11. The molecule has 6 nitrogen and oxygen atoms in total. The van der Waals surface area contributed by atoms with Crippen molar-refractivity contribution in [3.05, 3.63) is 65.5 Å². The largest absolute Gasteiger partial charge is 0.346 e. The highest BCUT2D eigenvalue weighted by molar-refractivity contribution is 6.04. The van der Waals surface area contributed by atoms with Gasteiger partial charge in [-0.05, 0) is 49.1 Å². The van der Waals surface area contributed by atoms with Gasteiger partial charge in [0.25, 0.3) is 0 Å². The number of benzene rings is 1. The van der Waals surface area contributed by atoms with Crippen molar-refractivity contribution in [2.24, 2.45) is 7.05 Å². The normalized spacial score (nSPS) is 15.0. The minimum atomic E-state index is -0.623. The van der Waals surface area contributed by atoms with E-state index in [4.69, 9.17) is 0 Å². The Kier molecular flexibility index (Phi) is 4.49. The van der Waals surface area contributed by atoms with Gasteiger partial charge >= 0.3 is 0 Å². The fourth-order valence-corrected chi connectivity index (χ4v) is 3.65. The third-order valence-corrected chi connectivity index (χ3v) is 5.63. The summed E-state index contributed by atoms with van der Waals surface area (Å²) in [5, 5.41) is 3.95. The lowest BCUT2D eigenvalue weighted by Gasteiger charge is -2.16. The maximum atomic E-state index is 12.6. The number of pyridine rings is 1. The lowest BCUT2D eigenvalue weighted by molar-refractivity contribution is -0.125. The fraction of sp³-hybridized carbons (Fsp3) is 0.261. The number of nitrogens with zero attached hydrogens (tertiary/aromatic N) is 3. The summed E-state index contributed by atoms with van der Waals surface area (Å²) in [6.07, 6.45) is 4.95. The van der Waals surface area contributed by atoms with Gasteiger partial charge in [0.2, 0.25) is 11.8 Å². The van der Waals surface area contributed by atoms with Crippen LogP contribution in [0.1, 0.15) is 30.7 Å². The zero-order valence-electron chi connectivity index (χ0n) is 17.1. The number of hydrogen-bond acceptors (Lipinski definition) is 3. The third kappa shape index (κ3) is 3.31. The van der Waals surface area contributed by atoms with Crippen LogP contribution in [0.3, 0.4) is 0 Å². The summed E-state index contributed by atoms with van der Waals surface area (Å²) in [5.41, 5.74) is 3.23. The summed E-state index contributed by atoms with van der Waals surface area (Å²) in [5.74, 6) is 0.437. The quantitative estimate of drug-likeness (QED) is 0.696. The van der Waals surface area contributed by atoms with Crippen LogP contribution in [0, 0.1) is 0 Å². The number of amides is 2. The molecule has 29 heavy (non-hydrogen) atoms. The Bertz CT molecular complexity index is 1160. The van der Waals surface area contributed by atoms with Crippen molar-refractivity contribution in [1.82, 2.24) is 14.5 Å². The average molecular weight is 388 g/mol. The van der Waals surface area contributed by atoms with E-state index in [0.717, 1.165) is 27.7 Å². The van der Waals surface area contributed by atoms with E-state index in [0.29, 0.717) is 12.4 Å². The summed E-state index contributed by atoms with van der Waals surface area (Å²) in [4.78, 5) is 30.7. The van der Waals surface area contributed by atoms with Crippen LogP contribution < -0.4 is 5.32 Å². The molecule has 3 aromatic rings. The number of anilines is 1. The Hall–Kier alpha value is -3.41. The van der Waals surface area contributed by atoms with Gasteiger partial charge in [0.15, 0.2) is 0 Å². The molecule has 3 heterocycles. The van der Waals surface area contributed by atoms with Crippen LogP contribution >= 0.6 is 0 Å². The van der Waals surface area contributed by atoms with E-state index in [9.17, 15) is 9.59 Å². The average Bonchev–Trinajstić information content (AvgIpc) is 3.13. The van der Waals surface area contributed by atoms with Gasteiger partial charge in [-0.25, -0.2) is 4.98 Å². The highest BCUT2D eigenvalue weighted by atomic mass is 16.2. The van der Waals surface area contributed by atoms with E-state index >= 15 is 0 Å². The van der Waals surface area contributed by atoms with E-state index in [1.807, 2.05) is 39.1 Å². The lowest BCUT2D eigenvalue weighted by Crippen LogP contribution is -2.26. The molecule has 1 aliphatic heterocycles. The van der Waals surface area contributed by atoms with Gasteiger partial charge in [0.1, 0.15) is 5.82 Å². The van der Waals surface area contributed by atoms with Crippen LogP contribution in [-0.2, 0) is 28.6 Å². The molecule has 0 aliphatic carbocycles. The number of nitrogens with one attached hydrogen (secondary N) is 1. The minimum absolute atomic E-state index is 0.0631. The molecular weight excluding hydrogens is 364 g/mol. The monoisotopic (exact) mass is 388 g/mol. The summed E-state index contributed by atoms with van der Waals surface area (Å²) in [6, 6.07) is 12.2. The predicted octanol–water partition coefficient (Wildman–Crippen LogP) is 3.47. The molecule has 0 atom stereocenters. The molecule has 0 saturated heterocycles. The molecule has 0 fully saturated rings. The van der Waals surface area contributed by atoms with Crippen LogP contribution in [-0.4, -0.2) is 33.3 Å². The third-order valence-electron chi connectivity index (χ3n) is 5.63. The minimum Gasteiger partial charge on any atom is -0.346 e. The molecule has 0 spiro atoms. The number of aromatic nitrogens is 2. The number of para-hydroxylation sites is 1. The fourth-order valence-electron chi connectivity index (χ4n) is 3.65. The van der Waals surface area contributed by atoms with Crippen LogP contribution in [0.4, 0.5) is 5.82 Å². The van der Waals surface area contributed by atoms with Crippen molar-refractivity contribution in [2.75, 3.05) is 12.4 Å². The molecule has 0 radical (unpaired) electrons. The van der Waals surface area contributed by atoms with Gasteiger partial charge in [-0.15, -0.1) is 0 Å². The number of hydrogen-bond donors (Lipinski definition) is 1. The first-order chi connectivity index (χ1) is 13.8. The Morgan fingerprint density at radius 2 is 2.03 bits per heavy atom. The van der Waals surface area contributed by atoms with E-state index in [1.54, 1.807) is 30.3 Å². The maximum Gasteiger partial charge on any atom is 0.246 e. The number of carbonyl (C=O) groups excluding carboxylic acids is 2. The molecule has 6 heteroatoms. The van der Waals surface area contributed by atoms with Crippen LogP contribution in [0.25, 0.3) is 17.0 Å². The van der Waals surface area contributed by atoms with Crippen LogP contribution in [0.5, 0.6) is 0 Å². The second-order valence-electron chi connectivity index (χ2n) is 8.03. The van der Waals surface area contributed by atoms with Gasteiger partial charge in [-0.3, -0.25) is 9.59 Å². The molecule has 0 unspecified atom stereocenters. The molecule has 4 rings (SSSR count). The van der Waals surface area contributed by atoms with Crippen LogP contribution in [0.15, 0.2) is 48.7 Å². The second kappa shape index (κ2) is 6.88. The maximum absolute atomic E-state index is 12.6. The summed E-state index contributed by atoms with van der Waals surface area (Å²) >= 11 is 0. The van der Waals surface area contributed by atoms with Crippen molar-refractivity contribution in [3.8, 4) is 0 Å². The van der Waals surface area contributed by atoms with Crippen molar-refractivity contribution >= 4 is 34.6 Å². The van der Waals surface area contributed by atoms with E-state index in [-0.39, 0.29) is 11.8 Å². The molecule has 0 saturated carbocycles. The lowest BCUT2D eigenvalue weighted by atomic mass is 9.86. The number of fused-ring (bicyclic) bond motifs is 2. The molecule has 0 bridgehead atoms. The van der Waals surface area contributed by atoms with Gasteiger partial charge in [0.05, 0.1) is 12.0 Å². The molecule has 1 aliphatic rings. The first-order valence-corrected chi connectivity index (χ1v) is 9.56. The van der Waals surface area contributed by atoms with Crippen LogP contribution in [0.2, 0.25) is 0 Å². The summed E-state index contributed by atoms with van der Waals surface area (Å²) in [6.45, 7) is 4.25. The first-order valence-electron chi connectivity index (χ1n) is 9.56. The van der Waals surface area contributed by atoms with E-state index in [1.165, 1.54) is 0 Å². The zero-order valence-corrected chi connectivity index (χ0v) is 17.1. The van der Waals surface area contributed by atoms with E-state index < -0.39 is 5.41 Å². The number of aryl methyl sites for hydroxylation is 1. The second-order valence-corrected chi connectivity index (χ2v) is 8.03. The topological polar surface area (TPSA) is 67.2 Å². The SMILES string of the molecule is CN(Cc1cc2ccccc2n1C)C(=O)/C=C/c1cnc2c(c1)C(C)(C)C(=O)N2. The number of carbonyl (C=O) groups is 2. The van der Waals surface area contributed by atoms with E-state index in [2.05, 4.69) is 33.1 Å². The standard InChI is InChI=1S/C23H24N4O2/c1-23(2)18-11-15(13-24-21(18)25-22(23)29)9-10-20(28)26(3)14-17-12-16-7-5-6-8-19(16)27(17)4/h5-13H,14H2,1-4H3,(H,24,25,29)/b10-9+. The van der Waals surface area contributed by atoms with Gasteiger partial charge in [0, 0.05) is 43.1 Å². The van der Waals surface area contributed by atoms with Gasteiger partial charge < -0.3 is 14.8 Å². The zero-order chi connectivity index (χ0) is 20.8. The van der Waals surface area contributed by atoms with Crippen molar-refractivity contribution in [1.29, 1.82) is 0 Å². The van der Waals surface area contributed by atoms with Crippen molar-refractivity contribution in [2.45, 2.75) is 25.8 Å². The molecule has 148 valence electrons. The smallest absolute Gasteiger partial charge is 0.246 e. The molecule has 2 amide bonds. The molecule has 2 aromatic heterocycles. The highest BCUT2D eigenvalue weighted by Gasteiger charge is 2.39. The Balaban J connectivity index is 1.49. The number of likely N-dealkylation sites (N-methyl/N-ethyl adjacent to an activating group) is 1. The summed E-state index contributed by atoms with van der Waals surface area (Å²) in [7, 11) is 3.80. The first kappa shape index (κ1) is 18.9. The Morgan fingerprint density at radius 1 is 1.28 bits per heavy atom. The van der Waals surface area contributed by atoms with Crippen molar-refractivity contribution < 1.29 is 9.59 Å². The molecule has 1 aromatic carbocycles. The van der Waals surface area contributed by atoms with Gasteiger partial charge in [-0.1, -0.05) is 18.2 Å². The number of rotatable bonds is 4. The van der Waals surface area contributed by atoms with Gasteiger partial charge in [-0.2, -0.15) is 0 Å². The van der Waals surface area contributed by atoms with Crippen molar-refractivity contribution in [3.63, 3.8) is 0 Å². The Labute approximate surface area is 169 Å². The molecule has 1 N–H and O–H groups in total. The highest BCUT2D eigenvalue weighted by Crippen LogP contribution is 2.36. The molecular formula is C23H24N4O2.